The zero-order chi connectivity index (χ0) is 11.5. The normalized spacial score (nSPS) is 30.1. The zero-order valence-corrected chi connectivity index (χ0v) is 11.9. The number of nitrogens with one attached hydrogen (secondary N) is 1. The Hall–Kier alpha value is -0.390. The molecule has 1 fully saturated rings. The predicted octanol–water partition coefficient (Wildman–Crippen LogP) is 3.32. The van der Waals surface area contributed by atoms with Crippen LogP contribution in [-0.2, 0) is 0 Å². The molecule has 3 nitrogen and oxygen atoms in total. The highest BCUT2D eigenvalue weighted by atomic mass is 127. The van der Waals surface area contributed by atoms with Gasteiger partial charge in [-0.05, 0) is 53.7 Å². The third-order valence-electron chi connectivity index (χ3n) is 3.42. The van der Waals surface area contributed by atoms with E-state index in [1.807, 2.05) is 6.20 Å². The Morgan fingerprint density at radius 2 is 2.19 bits per heavy atom. The van der Waals surface area contributed by atoms with Crippen LogP contribution >= 0.6 is 22.6 Å². The topological polar surface area (TPSA) is 37.8 Å². The fraction of sp³-hybridized carbons (Fsp3) is 0.667. The Morgan fingerprint density at radius 1 is 1.38 bits per heavy atom. The van der Waals surface area contributed by atoms with Gasteiger partial charge in [0, 0.05) is 12.2 Å². The molecule has 3 unspecified atom stereocenters. The molecule has 1 aromatic rings. The second-order valence-electron chi connectivity index (χ2n) is 4.87. The molecular formula is C12H18IN3. The molecule has 1 N–H and O–H groups in total. The van der Waals surface area contributed by atoms with Crippen molar-refractivity contribution in [3.05, 3.63) is 16.1 Å². The van der Waals surface area contributed by atoms with Crippen LogP contribution in [0.3, 0.4) is 0 Å². The number of nitrogens with zero attached hydrogens (tertiary/aromatic N) is 2. The SMILES string of the molecule is CC1CCC(Nc2ncncc2I)C(C)C1. The third kappa shape index (κ3) is 2.84. The van der Waals surface area contributed by atoms with Crippen LogP contribution in [-0.4, -0.2) is 16.0 Å². The number of hydrogen-bond donors (Lipinski definition) is 1. The number of hydrogen-bond acceptors (Lipinski definition) is 3. The summed E-state index contributed by atoms with van der Waals surface area (Å²) < 4.78 is 1.10. The summed E-state index contributed by atoms with van der Waals surface area (Å²) in [5.41, 5.74) is 0. The largest absolute Gasteiger partial charge is 0.366 e. The van der Waals surface area contributed by atoms with E-state index in [0.29, 0.717) is 6.04 Å². The highest BCUT2D eigenvalue weighted by molar-refractivity contribution is 14.1. The molecular weight excluding hydrogens is 313 g/mol. The maximum atomic E-state index is 4.30. The molecule has 0 aliphatic heterocycles. The lowest BCUT2D eigenvalue weighted by Crippen LogP contribution is -2.33. The molecule has 0 radical (unpaired) electrons. The molecule has 1 aliphatic rings. The Morgan fingerprint density at radius 3 is 2.88 bits per heavy atom. The van der Waals surface area contributed by atoms with E-state index in [2.05, 4.69) is 51.7 Å². The average molecular weight is 331 g/mol. The van der Waals surface area contributed by atoms with Gasteiger partial charge in [0.05, 0.1) is 3.57 Å². The highest BCUT2D eigenvalue weighted by Gasteiger charge is 2.25. The molecule has 1 aliphatic carbocycles. The van der Waals surface area contributed by atoms with Gasteiger partial charge in [0.1, 0.15) is 12.1 Å². The molecule has 0 aromatic carbocycles. The van der Waals surface area contributed by atoms with Crippen LogP contribution in [0.25, 0.3) is 0 Å². The zero-order valence-electron chi connectivity index (χ0n) is 9.78. The van der Waals surface area contributed by atoms with Crippen LogP contribution in [0.5, 0.6) is 0 Å². The lowest BCUT2D eigenvalue weighted by Gasteiger charge is -2.33. The minimum absolute atomic E-state index is 0.569. The first-order chi connectivity index (χ1) is 7.66. The number of aromatic nitrogens is 2. The second-order valence-corrected chi connectivity index (χ2v) is 6.03. The van der Waals surface area contributed by atoms with E-state index >= 15 is 0 Å². The molecule has 1 heterocycles. The number of halogens is 1. The summed E-state index contributed by atoms with van der Waals surface area (Å²) >= 11 is 2.28. The van der Waals surface area contributed by atoms with Crippen molar-refractivity contribution >= 4 is 28.4 Å². The number of rotatable bonds is 2. The molecule has 0 saturated heterocycles. The number of anilines is 1. The minimum Gasteiger partial charge on any atom is -0.366 e. The van der Waals surface area contributed by atoms with Crippen molar-refractivity contribution in [2.24, 2.45) is 11.8 Å². The fourth-order valence-corrected chi connectivity index (χ4v) is 2.93. The molecule has 0 bridgehead atoms. The van der Waals surface area contributed by atoms with Crippen LogP contribution in [0.2, 0.25) is 0 Å². The first-order valence-corrected chi connectivity index (χ1v) is 6.96. The Balaban J connectivity index is 2.02. The van der Waals surface area contributed by atoms with E-state index in [9.17, 15) is 0 Å². The third-order valence-corrected chi connectivity index (χ3v) is 4.21. The summed E-state index contributed by atoms with van der Waals surface area (Å²) in [5.74, 6) is 2.59. The highest BCUT2D eigenvalue weighted by Crippen LogP contribution is 2.30. The minimum atomic E-state index is 0.569. The van der Waals surface area contributed by atoms with Gasteiger partial charge in [0.25, 0.3) is 0 Å². The van der Waals surface area contributed by atoms with Crippen molar-refractivity contribution < 1.29 is 0 Å². The Bertz CT molecular complexity index is 356. The van der Waals surface area contributed by atoms with E-state index in [4.69, 9.17) is 0 Å². The lowest BCUT2D eigenvalue weighted by atomic mass is 9.80. The summed E-state index contributed by atoms with van der Waals surface area (Å²) in [7, 11) is 0. The van der Waals surface area contributed by atoms with Gasteiger partial charge in [-0.1, -0.05) is 13.8 Å². The Labute approximate surface area is 111 Å². The van der Waals surface area contributed by atoms with Gasteiger partial charge < -0.3 is 5.32 Å². The maximum absolute atomic E-state index is 4.30. The molecule has 4 heteroatoms. The van der Waals surface area contributed by atoms with E-state index in [1.54, 1.807) is 6.33 Å². The summed E-state index contributed by atoms with van der Waals surface area (Å²) in [6.07, 6.45) is 7.36. The van der Waals surface area contributed by atoms with Gasteiger partial charge in [-0.25, -0.2) is 9.97 Å². The molecule has 3 atom stereocenters. The smallest absolute Gasteiger partial charge is 0.143 e. The van der Waals surface area contributed by atoms with E-state index in [1.165, 1.54) is 19.3 Å². The van der Waals surface area contributed by atoms with Gasteiger partial charge in [-0.3, -0.25) is 0 Å². The van der Waals surface area contributed by atoms with Crippen molar-refractivity contribution in [3.63, 3.8) is 0 Å². The summed E-state index contributed by atoms with van der Waals surface area (Å²) in [6.45, 7) is 4.68. The van der Waals surface area contributed by atoms with E-state index in [-0.39, 0.29) is 0 Å². The molecule has 1 saturated carbocycles. The van der Waals surface area contributed by atoms with Gasteiger partial charge >= 0.3 is 0 Å². The average Bonchev–Trinajstić information content (AvgIpc) is 2.25. The van der Waals surface area contributed by atoms with Crippen LogP contribution in [0, 0.1) is 15.4 Å². The predicted molar refractivity (Wildman–Crippen MR) is 74.3 cm³/mol. The molecule has 16 heavy (non-hydrogen) atoms. The maximum Gasteiger partial charge on any atom is 0.143 e. The van der Waals surface area contributed by atoms with Crippen LogP contribution in [0.1, 0.15) is 33.1 Å². The van der Waals surface area contributed by atoms with Crippen molar-refractivity contribution in [2.45, 2.75) is 39.2 Å². The van der Waals surface area contributed by atoms with Crippen LogP contribution < -0.4 is 5.32 Å². The Kier molecular flexibility index (Phi) is 4.00. The van der Waals surface area contributed by atoms with Crippen LogP contribution in [0.15, 0.2) is 12.5 Å². The van der Waals surface area contributed by atoms with Crippen molar-refractivity contribution in [2.75, 3.05) is 5.32 Å². The first kappa shape index (κ1) is 12.1. The molecule has 0 spiro atoms. The molecule has 1 aromatic heterocycles. The first-order valence-electron chi connectivity index (χ1n) is 5.89. The quantitative estimate of drug-likeness (QED) is 0.845. The van der Waals surface area contributed by atoms with Gasteiger partial charge in [0.2, 0.25) is 0 Å². The summed E-state index contributed by atoms with van der Waals surface area (Å²) in [6, 6.07) is 0.569. The van der Waals surface area contributed by atoms with Crippen molar-refractivity contribution in [3.8, 4) is 0 Å². The summed E-state index contributed by atoms with van der Waals surface area (Å²) in [4.78, 5) is 8.31. The van der Waals surface area contributed by atoms with Crippen molar-refractivity contribution in [1.29, 1.82) is 0 Å². The lowest BCUT2D eigenvalue weighted by molar-refractivity contribution is 0.276. The molecule has 88 valence electrons. The summed E-state index contributed by atoms with van der Waals surface area (Å²) in [5, 5.41) is 3.56. The van der Waals surface area contributed by atoms with Crippen molar-refractivity contribution in [1.82, 2.24) is 9.97 Å². The van der Waals surface area contributed by atoms with Crippen LogP contribution in [0.4, 0.5) is 5.82 Å². The van der Waals surface area contributed by atoms with E-state index < -0.39 is 0 Å². The van der Waals surface area contributed by atoms with E-state index in [0.717, 1.165) is 21.2 Å². The van der Waals surface area contributed by atoms with Gasteiger partial charge in [0.15, 0.2) is 0 Å². The van der Waals surface area contributed by atoms with Gasteiger partial charge in [-0.2, -0.15) is 0 Å². The molecule has 2 rings (SSSR count). The monoisotopic (exact) mass is 331 g/mol. The second kappa shape index (κ2) is 5.29. The fourth-order valence-electron chi connectivity index (χ4n) is 2.47. The molecule has 0 amide bonds. The van der Waals surface area contributed by atoms with Gasteiger partial charge in [-0.15, -0.1) is 0 Å². The standard InChI is InChI=1S/C12H18IN3/c1-8-3-4-11(9(2)5-8)16-12-10(13)6-14-7-15-12/h6-9,11H,3-5H2,1-2H3,(H,14,15,16).